The smallest absolute Gasteiger partial charge is 0.240 e. The minimum Gasteiger partial charge on any atom is -0.302 e. The van der Waals surface area contributed by atoms with Gasteiger partial charge in [-0.1, -0.05) is 17.4 Å². The third-order valence-electron chi connectivity index (χ3n) is 4.03. The number of benzene rings is 2. The molecule has 0 bridgehead atoms. The number of hydrogen-bond donors (Lipinski definition) is 2. The van der Waals surface area contributed by atoms with Gasteiger partial charge in [-0.3, -0.25) is 4.79 Å². The first-order valence-corrected chi connectivity index (χ1v) is 10.5. The average molecular weight is 407 g/mol. The predicted octanol–water partition coefficient (Wildman–Crippen LogP) is 3.36. The van der Waals surface area contributed by atoms with E-state index in [2.05, 4.69) is 15.0 Å². The molecule has 3 rings (SSSR count). The molecule has 9 heteroatoms. The van der Waals surface area contributed by atoms with Crippen molar-refractivity contribution in [2.45, 2.75) is 25.2 Å². The van der Waals surface area contributed by atoms with E-state index < -0.39 is 10.0 Å². The predicted molar refractivity (Wildman–Crippen MR) is 104 cm³/mol. The van der Waals surface area contributed by atoms with E-state index in [1.807, 2.05) is 13.8 Å². The highest BCUT2D eigenvalue weighted by Crippen LogP contribution is 2.26. The molecule has 1 heterocycles. The van der Waals surface area contributed by atoms with Gasteiger partial charge in [-0.05, 0) is 55.3 Å². The zero-order chi connectivity index (χ0) is 19.6. The van der Waals surface area contributed by atoms with Crippen LogP contribution in [0.1, 0.15) is 17.5 Å². The number of thiazole rings is 1. The van der Waals surface area contributed by atoms with Crippen LogP contribution in [0.5, 0.6) is 0 Å². The summed E-state index contributed by atoms with van der Waals surface area (Å²) in [6.07, 6.45) is -0.0473. The molecule has 2 N–H and O–H groups in total. The number of rotatable bonds is 6. The fourth-order valence-electron chi connectivity index (χ4n) is 2.40. The SMILES string of the molecule is Cc1ccc(S(=O)(=O)NCCC(=O)Nc2nc3ccc(F)cc3s2)cc1C. The van der Waals surface area contributed by atoms with Crippen LogP contribution in [-0.4, -0.2) is 25.9 Å². The second-order valence-electron chi connectivity index (χ2n) is 6.07. The van der Waals surface area contributed by atoms with Crippen molar-refractivity contribution in [1.29, 1.82) is 0 Å². The molecule has 2 aromatic carbocycles. The number of hydrogen-bond acceptors (Lipinski definition) is 5. The molecule has 0 aliphatic carbocycles. The van der Waals surface area contributed by atoms with Crippen LogP contribution in [0.3, 0.4) is 0 Å². The van der Waals surface area contributed by atoms with Crippen LogP contribution >= 0.6 is 11.3 Å². The van der Waals surface area contributed by atoms with Crippen molar-refractivity contribution < 1.29 is 17.6 Å². The minimum atomic E-state index is -3.68. The van der Waals surface area contributed by atoms with Crippen molar-refractivity contribution in [1.82, 2.24) is 9.71 Å². The number of carbonyl (C=O) groups excluding carboxylic acids is 1. The van der Waals surface area contributed by atoms with E-state index in [4.69, 9.17) is 0 Å². The average Bonchev–Trinajstić information content (AvgIpc) is 2.98. The Morgan fingerprint density at radius 3 is 2.67 bits per heavy atom. The number of anilines is 1. The third kappa shape index (κ3) is 4.68. The van der Waals surface area contributed by atoms with Crippen LogP contribution in [-0.2, 0) is 14.8 Å². The Balaban J connectivity index is 1.57. The van der Waals surface area contributed by atoms with Crippen LogP contribution < -0.4 is 10.0 Å². The molecule has 3 aromatic rings. The number of sulfonamides is 1. The van der Waals surface area contributed by atoms with Crippen molar-refractivity contribution >= 4 is 42.6 Å². The molecule has 0 radical (unpaired) electrons. The first kappa shape index (κ1) is 19.4. The highest BCUT2D eigenvalue weighted by Gasteiger charge is 2.15. The van der Waals surface area contributed by atoms with Gasteiger partial charge < -0.3 is 5.32 Å². The van der Waals surface area contributed by atoms with Gasteiger partial charge in [0, 0.05) is 13.0 Å². The lowest BCUT2D eigenvalue weighted by molar-refractivity contribution is -0.116. The van der Waals surface area contributed by atoms with E-state index in [-0.39, 0.29) is 29.6 Å². The number of nitrogens with zero attached hydrogens (tertiary/aromatic N) is 1. The quantitative estimate of drug-likeness (QED) is 0.656. The molecule has 0 aliphatic rings. The summed E-state index contributed by atoms with van der Waals surface area (Å²) in [6.45, 7) is 3.70. The Bertz CT molecular complexity index is 1110. The Morgan fingerprint density at radius 1 is 1.15 bits per heavy atom. The van der Waals surface area contributed by atoms with Crippen molar-refractivity contribution in [2.75, 3.05) is 11.9 Å². The van der Waals surface area contributed by atoms with Crippen LogP contribution in [0.4, 0.5) is 9.52 Å². The summed E-state index contributed by atoms with van der Waals surface area (Å²) < 4.78 is 40.8. The number of aryl methyl sites for hydroxylation is 2. The Hall–Kier alpha value is -2.36. The Kier molecular flexibility index (Phi) is 5.54. The standard InChI is InChI=1S/C18H18FN3O3S2/c1-11-3-5-14(9-12(11)2)27(24,25)20-8-7-17(23)22-18-21-15-6-4-13(19)10-16(15)26-18/h3-6,9-10,20H,7-8H2,1-2H3,(H,21,22,23). The van der Waals surface area contributed by atoms with E-state index in [1.54, 1.807) is 12.1 Å². The zero-order valence-corrected chi connectivity index (χ0v) is 16.4. The first-order valence-electron chi connectivity index (χ1n) is 8.17. The minimum absolute atomic E-state index is 0.0411. The lowest BCUT2D eigenvalue weighted by atomic mass is 10.1. The summed E-state index contributed by atoms with van der Waals surface area (Å²) in [5, 5.41) is 2.95. The fourth-order valence-corrected chi connectivity index (χ4v) is 4.42. The van der Waals surface area contributed by atoms with E-state index >= 15 is 0 Å². The van der Waals surface area contributed by atoms with Gasteiger partial charge in [0.1, 0.15) is 5.82 Å². The molecule has 0 saturated carbocycles. The molecular weight excluding hydrogens is 389 g/mol. The highest BCUT2D eigenvalue weighted by atomic mass is 32.2. The van der Waals surface area contributed by atoms with Gasteiger partial charge in [0.2, 0.25) is 15.9 Å². The second-order valence-corrected chi connectivity index (χ2v) is 8.87. The maximum atomic E-state index is 13.2. The highest BCUT2D eigenvalue weighted by molar-refractivity contribution is 7.89. The number of fused-ring (bicyclic) bond motifs is 1. The first-order chi connectivity index (χ1) is 12.7. The third-order valence-corrected chi connectivity index (χ3v) is 6.42. The fraction of sp³-hybridized carbons (Fsp3) is 0.222. The summed E-state index contributed by atoms with van der Waals surface area (Å²) in [5.41, 5.74) is 2.47. The Morgan fingerprint density at radius 2 is 1.93 bits per heavy atom. The van der Waals surface area contributed by atoms with Crippen molar-refractivity contribution in [3.05, 3.63) is 53.3 Å². The normalized spacial score (nSPS) is 11.7. The molecule has 0 aliphatic heterocycles. The second kappa shape index (κ2) is 7.71. The van der Waals surface area contributed by atoms with Gasteiger partial charge in [0.25, 0.3) is 0 Å². The largest absolute Gasteiger partial charge is 0.302 e. The molecule has 0 spiro atoms. The monoisotopic (exact) mass is 407 g/mol. The lowest BCUT2D eigenvalue weighted by Gasteiger charge is -2.08. The molecule has 0 atom stereocenters. The van der Waals surface area contributed by atoms with E-state index in [0.717, 1.165) is 22.5 Å². The molecule has 0 saturated heterocycles. The number of carbonyl (C=O) groups is 1. The molecule has 0 unspecified atom stereocenters. The van der Waals surface area contributed by atoms with Gasteiger partial charge in [0.15, 0.2) is 5.13 Å². The summed E-state index contributed by atoms with van der Waals surface area (Å²) in [4.78, 5) is 16.4. The van der Waals surface area contributed by atoms with Gasteiger partial charge in [0.05, 0.1) is 15.1 Å². The van der Waals surface area contributed by atoms with Crippen LogP contribution in [0.15, 0.2) is 41.3 Å². The summed E-state index contributed by atoms with van der Waals surface area (Å²) in [5.74, 6) is -0.748. The maximum absolute atomic E-state index is 13.2. The van der Waals surface area contributed by atoms with E-state index in [0.29, 0.717) is 15.3 Å². The van der Waals surface area contributed by atoms with E-state index in [1.165, 1.54) is 24.3 Å². The zero-order valence-electron chi connectivity index (χ0n) is 14.7. The molecule has 27 heavy (non-hydrogen) atoms. The summed E-state index contributed by atoms with van der Waals surface area (Å²) >= 11 is 1.16. The van der Waals surface area contributed by atoms with Crippen LogP contribution in [0, 0.1) is 19.7 Å². The lowest BCUT2D eigenvalue weighted by Crippen LogP contribution is -2.28. The number of halogens is 1. The molecule has 0 fully saturated rings. The van der Waals surface area contributed by atoms with Crippen molar-refractivity contribution in [2.24, 2.45) is 0 Å². The van der Waals surface area contributed by atoms with E-state index in [9.17, 15) is 17.6 Å². The maximum Gasteiger partial charge on any atom is 0.240 e. The molecule has 142 valence electrons. The van der Waals surface area contributed by atoms with Gasteiger partial charge >= 0.3 is 0 Å². The van der Waals surface area contributed by atoms with Gasteiger partial charge in [-0.25, -0.2) is 22.5 Å². The van der Waals surface area contributed by atoms with Crippen LogP contribution in [0.25, 0.3) is 10.2 Å². The molecule has 6 nitrogen and oxygen atoms in total. The van der Waals surface area contributed by atoms with Gasteiger partial charge in [-0.15, -0.1) is 0 Å². The topological polar surface area (TPSA) is 88.2 Å². The van der Waals surface area contributed by atoms with Gasteiger partial charge in [-0.2, -0.15) is 0 Å². The summed E-state index contributed by atoms with van der Waals surface area (Å²) in [7, 11) is -3.68. The molecule has 1 amide bonds. The Labute approximate surface area is 160 Å². The number of aromatic nitrogens is 1. The number of amides is 1. The molecular formula is C18H18FN3O3S2. The number of nitrogens with one attached hydrogen (secondary N) is 2. The van der Waals surface area contributed by atoms with Crippen molar-refractivity contribution in [3.63, 3.8) is 0 Å². The molecule has 1 aromatic heterocycles. The van der Waals surface area contributed by atoms with Crippen molar-refractivity contribution in [3.8, 4) is 0 Å². The summed E-state index contributed by atoms with van der Waals surface area (Å²) in [6, 6.07) is 9.06. The van der Waals surface area contributed by atoms with Crippen LogP contribution in [0.2, 0.25) is 0 Å².